The third-order valence-electron chi connectivity index (χ3n) is 4.53. The number of nitrogens with zero attached hydrogens (tertiary/aromatic N) is 5. The molecule has 1 aliphatic rings. The SMILES string of the molecule is CCOC(=O)c1ncn2c1Cn1nnc(CC)c1-c1cc(CO)ccc1-2. The summed E-state index contributed by atoms with van der Waals surface area (Å²) in [4.78, 5) is 16.6. The number of aliphatic hydroxyl groups excluding tert-OH is 1. The molecule has 26 heavy (non-hydrogen) atoms. The van der Waals surface area contributed by atoms with Crippen LogP contribution in [0.1, 0.15) is 41.3 Å². The minimum Gasteiger partial charge on any atom is -0.461 e. The molecule has 0 saturated carbocycles. The largest absolute Gasteiger partial charge is 0.461 e. The van der Waals surface area contributed by atoms with Crippen LogP contribution < -0.4 is 0 Å². The predicted molar refractivity (Wildman–Crippen MR) is 92.9 cm³/mol. The molecule has 0 aliphatic carbocycles. The molecule has 8 nitrogen and oxygen atoms in total. The second kappa shape index (κ2) is 6.38. The van der Waals surface area contributed by atoms with E-state index in [1.54, 1.807) is 17.9 Å². The molecule has 0 amide bonds. The maximum Gasteiger partial charge on any atom is 0.358 e. The fourth-order valence-corrected chi connectivity index (χ4v) is 3.32. The Morgan fingerprint density at radius 2 is 2.19 bits per heavy atom. The average molecular weight is 353 g/mol. The first-order valence-electron chi connectivity index (χ1n) is 8.58. The molecule has 0 spiro atoms. The highest BCUT2D eigenvalue weighted by molar-refractivity contribution is 5.89. The minimum atomic E-state index is -0.450. The molecule has 0 bridgehead atoms. The second-order valence-electron chi connectivity index (χ2n) is 6.04. The van der Waals surface area contributed by atoms with E-state index >= 15 is 0 Å². The van der Waals surface area contributed by atoms with E-state index in [2.05, 4.69) is 15.3 Å². The van der Waals surface area contributed by atoms with Gasteiger partial charge in [0.1, 0.15) is 6.33 Å². The molecule has 0 fully saturated rings. The number of fused-ring (bicyclic) bond motifs is 5. The van der Waals surface area contributed by atoms with E-state index in [-0.39, 0.29) is 18.9 Å². The van der Waals surface area contributed by atoms with Crippen LogP contribution in [-0.2, 0) is 24.3 Å². The number of carbonyl (C=O) groups excluding carboxylic acids is 1. The zero-order valence-corrected chi connectivity index (χ0v) is 14.6. The lowest BCUT2D eigenvalue weighted by molar-refractivity contribution is 0.0518. The first-order chi connectivity index (χ1) is 12.7. The van der Waals surface area contributed by atoms with E-state index in [1.165, 1.54) is 0 Å². The summed E-state index contributed by atoms with van der Waals surface area (Å²) in [6, 6.07) is 5.71. The number of hydrogen-bond acceptors (Lipinski definition) is 6. The normalized spacial score (nSPS) is 12.1. The van der Waals surface area contributed by atoms with Gasteiger partial charge in [0.25, 0.3) is 0 Å². The molecule has 1 aromatic carbocycles. The number of aryl methyl sites for hydroxylation is 1. The molecular weight excluding hydrogens is 334 g/mol. The van der Waals surface area contributed by atoms with Crippen LogP contribution in [0.25, 0.3) is 16.9 Å². The highest BCUT2D eigenvalue weighted by atomic mass is 16.5. The molecule has 0 atom stereocenters. The summed E-state index contributed by atoms with van der Waals surface area (Å²) in [6.45, 7) is 4.38. The smallest absolute Gasteiger partial charge is 0.358 e. The summed E-state index contributed by atoms with van der Waals surface area (Å²) >= 11 is 0. The molecule has 134 valence electrons. The molecule has 3 heterocycles. The van der Waals surface area contributed by atoms with Gasteiger partial charge in [-0.05, 0) is 31.0 Å². The van der Waals surface area contributed by atoms with Crippen LogP contribution in [0.15, 0.2) is 24.5 Å². The van der Waals surface area contributed by atoms with Crippen LogP contribution in [0.5, 0.6) is 0 Å². The van der Waals surface area contributed by atoms with Crippen molar-refractivity contribution in [1.82, 2.24) is 24.5 Å². The lowest BCUT2D eigenvalue weighted by atomic mass is 10.0. The van der Waals surface area contributed by atoms with Crippen molar-refractivity contribution in [2.45, 2.75) is 33.4 Å². The summed E-state index contributed by atoms with van der Waals surface area (Å²) in [5.74, 6) is -0.450. The maximum absolute atomic E-state index is 12.3. The fraction of sp³-hybridized carbons (Fsp3) is 0.333. The number of carbonyl (C=O) groups is 1. The number of benzene rings is 1. The number of aromatic nitrogens is 5. The molecular formula is C18H19N5O3. The molecule has 3 aromatic rings. The number of esters is 1. The summed E-state index contributed by atoms with van der Waals surface area (Å²) in [5.41, 5.74) is 5.33. The summed E-state index contributed by atoms with van der Waals surface area (Å²) in [7, 11) is 0. The van der Waals surface area contributed by atoms with Crippen molar-refractivity contribution < 1.29 is 14.6 Å². The molecule has 0 radical (unpaired) electrons. The zero-order chi connectivity index (χ0) is 18.3. The Labute approximate surface area is 150 Å². The lowest BCUT2D eigenvalue weighted by Gasteiger charge is -2.11. The van der Waals surface area contributed by atoms with Gasteiger partial charge in [-0.1, -0.05) is 18.2 Å². The van der Waals surface area contributed by atoms with E-state index in [0.717, 1.165) is 34.6 Å². The Bertz CT molecular complexity index is 989. The predicted octanol–water partition coefficient (Wildman–Crippen LogP) is 1.72. The van der Waals surface area contributed by atoms with E-state index < -0.39 is 5.97 Å². The van der Waals surface area contributed by atoms with Gasteiger partial charge in [-0.25, -0.2) is 14.5 Å². The summed E-state index contributed by atoms with van der Waals surface area (Å²) in [5, 5.41) is 18.1. The van der Waals surface area contributed by atoms with Crippen LogP contribution in [0, 0.1) is 0 Å². The molecule has 2 aromatic heterocycles. The molecule has 8 heteroatoms. The Morgan fingerprint density at radius 3 is 2.92 bits per heavy atom. The summed E-state index contributed by atoms with van der Waals surface area (Å²) in [6.07, 6.45) is 2.36. The standard InChI is InChI=1S/C18H19N5O3/c1-3-13-17-12-7-11(9-24)5-6-14(12)22-10-19-16(18(25)26-4-2)15(22)8-23(17)21-20-13/h5-7,10,24H,3-4,8-9H2,1-2H3. The average Bonchev–Trinajstić information content (AvgIpc) is 3.23. The van der Waals surface area contributed by atoms with E-state index in [1.807, 2.05) is 29.7 Å². The van der Waals surface area contributed by atoms with Gasteiger partial charge in [-0.15, -0.1) is 5.10 Å². The van der Waals surface area contributed by atoms with E-state index in [9.17, 15) is 9.90 Å². The van der Waals surface area contributed by atoms with Crippen LogP contribution in [0.4, 0.5) is 0 Å². The van der Waals surface area contributed by atoms with Gasteiger partial charge in [-0.2, -0.15) is 0 Å². The Balaban J connectivity index is 1.98. The van der Waals surface area contributed by atoms with E-state index in [0.29, 0.717) is 12.2 Å². The highest BCUT2D eigenvalue weighted by Crippen LogP contribution is 2.35. The van der Waals surface area contributed by atoms with Gasteiger partial charge < -0.3 is 9.84 Å². The molecule has 1 N–H and O–H groups in total. The third kappa shape index (κ3) is 2.41. The number of aliphatic hydroxyl groups is 1. The van der Waals surface area contributed by atoms with Gasteiger partial charge in [0.2, 0.25) is 0 Å². The number of imidazole rings is 1. The monoisotopic (exact) mass is 353 g/mol. The third-order valence-corrected chi connectivity index (χ3v) is 4.53. The van der Waals surface area contributed by atoms with Crippen LogP contribution in [0.3, 0.4) is 0 Å². The first kappa shape index (κ1) is 16.5. The van der Waals surface area contributed by atoms with Crippen molar-refractivity contribution >= 4 is 5.97 Å². The molecule has 0 saturated heterocycles. The van der Waals surface area contributed by atoms with Crippen molar-refractivity contribution in [3.63, 3.8) is 0 Å². The molecule has 1 aliphatic heterocycles. The number of rotatable bonds is 4. The van der Waals surface area contributed by atoms with Crippen molar-refractivity contribution in [1.29, 1.82) is 0 Å². The second-order valence-corrected chi connectivity index (χ2v) is 6.04. The van der Waals surface area contributed by atoms with Gasteiger partial charge in [0.05, 0.1) is 42.5 Å². The quantitative estimate of drug-likeness (QED) is 0.561. The van der Waals surface area contributed by atoms with Gasteiger partial charge >= 0.3 is 5.97 Å². The Kier molecular flexibility index (Phi) is 4.04. The fourth-order valence-electron chi connectivity index (χ4n) is 3.32. The van der Waals surface area contributed by atoms with E-state index in [4.69, 9.17) is 4.74 Å². The Hall–Kier alpha value is -3.00. The number of ether oxygens (including phenoxy) is 1. The summed E-state index contributed by atoms with van der Waals surface area (Å²) < 4.78 is 8.80. The van der Waals surface area contributed by atoms with Crippen LogP contribution in [-0.4, -0.2) is 42.2 Å². The highest BCUT2D eigenvalue weighted by Gasteiger charge is 2.28. The Morgan fingerprint density at radius 1 is 1.35 bits per heavy atom. The molecule has 4 rings (SSSR count). The minimum absolute atomic E-state index is 0.0544. The molecule has 0 unspecified atom stereocenters. The first-order valence-corrected chi connectivity index (χ1v) is 8.58. The van der Waals surface area contributed by atoms with Crippen LogP contribution in [0.2, 0.25) is 0 Å². The number of hydrogen-bond donors (Lipinski definition) is 1. The van der Waals surface area contributed by atoms with Gasteiger partial charge in [0, 0.05) is 5.56 Å². The van der Waals surface area contributed by atoms with Crippen molar-refractivity contribution in [2.24, 2.45) is 0 Å². The van der Waals surface area contributed by atoms with Crippen molar-refractivity contribution in [3.05, 3.63) is 47.2 Å². The van der Waals surface area contributed by atoms with Crippen LogP contribution >= 0.6 is 0 Å². The maximum atomic E-state index is 12.3. The van der Waals surface area contributed by atoms with Gasteiger partial charge in [0.15, 0.2) is 5.69 Å². The van der Waals surface area contributed by atoms with Crippen molar-refractivity contribution in [2.75, 3.05) is 6.61 Å². The topological polar surface area (TPSA) is 95.1 Å². The van der Waals surface area contributed by atoms with Crippen molar-refractivity contribution in [3.8, 4) is 16.9 Å². The zero-order valence-electron chi connectivity index (χ0n) is 14.6. The lowest BCUT2D eigenvalue weighted by Crippen LogP contribution is -2.12. The van der Waals surface area contributed by atoms with Gasteiger partial charge in [-0.3, -0.25) is 4.57 Å².